The summed E-state index contributed by atoms with van der Waals surface area (Å²) in [7, 11) is 0. The van der Waals surface area contributed by atoms with Gasteiger partial charge in [0.15, 0.2) is 5.82 Å². The maximum Gasteiger partial charge on any atom is 0.159 e. The molecule has 1 aromatic rings. The summed E-state index contributed by atoms with van der Waals surface area (Å²) in [5, 5.41) is 12.0. The summed E-state index contributed by atoms with van der Waals surface area (Å²) >= 11 is 5.20. The molecule has 1 aromatic heterocycles. The van der Waals surface area contributed by atoms with Crippen molar-refractivity contribution in [2.24, 2.45) is 11.7 Å². The first-order chi connectivity index (χ1) is 9.17. The lowest BCUT2D eigenvalue weighted by molar-refractivity contribution is 0.333. The van der Waals surface area contributed by atoms with Gasteiger partial charge < -0.3 is 11.1 Å². The molecular formula is C14H22N4S. The molecule has 0 aromatic carbocycles. The Morgan fingerprint density at radius 2 is 2.05 bits per heavy atom. The van der Waals surface area contributed by atoms with Crippen molar-refractivity contribution in [2.45, 2.75) is 46.0 Å². The number of nitrogens with one attached hydrogen (secondary N) is 1. The molecule has 1 aliphatic carbocycles. The quantitative estimate of drug-likeness (QED) is 0.783. The Morgan fingerprint density at radius 1 is 1.32 bits per heavy atom. The molecule has 0 bridgehead atoms. The zero-order chi connectivity index (χ0) is 13.8. The molecule has 0 unspecified atom stereocenters. The second-order valence-corrected chi connectivity index (χ2v) is 5.54. The fourth-order valence-electron chi connectivity index (χ4n) is 2.50. The third kappa shape index (κ3) is 3.03. The van der Waals surface area contributed by atoms with Gasteiger partial charge in [0.25, 0.3) is 0 Å². The van der Waals surface area contributed by atoms with E-state index in [0.29, 0.717) is 4.99 Å². The molecule has 1 fully saturated rings. The van der Waals surface area contributed by atoms with Gasteiger partial charge in [-0.2, -0.15) is 5.10 Å². The number of anilines is 1. The standard InChI is InChI=1S/C14H22N4S/c1-3-10-11(4-2)17-18-14(12(10)13(15)19)16-8-9-6-5-7-9/h9H,3-8H2,1-2H3,(H2,15,19)(H,16,18). The smallest absolute Gasteiger partial charge is 0.159 e. The molecule has 0 spiro atoms. The molecule has 0 amide bonds. The van der Waals surface area contributed by atoms with Crippen LogP contribution in [0.25, 0.3) is 0 Å². The first-order valence-electron chi connectivity index (χ1n) is 7.09. The van der Waals surface area contributed by atoms with E-state index < -0.39 is 0 Å². The first kappa shape index (κ1) is 14.2. The summed E-state index contributed by atoms with van der Waals surface area (Å²) in [6.45, 7) is 5.13. The first-order valence-corrected chi connectivity index (χ1v) is 7.50. The van der Waals surface area contributed by atoms with Gasteiger partial charge in [-0.3, -0.25) is 0 Å². The highest BCUT2D eigenvalue weighted by Gasteiger charge is 2.20. The molecule has 3 N–H and O–H groups in total. The van der Waals surface area contributed by atoms with Crippen molar-refractivity contribution >= 4 is 23.0 Å². The Bertz CT molecular complexity index is 469. The van der Waals surface area contributed by atoms with Crippen LogP contribution in [0.4, 0.5) is 5.82 Å². The second-order valence-electron chi connectivity index (χ2n) is 5.10. The number of aromatic nitrogens is 2. The van der Waals surface area contributed by atoms with Crippen LogP contribution in [-0.2, 0) is 12.8 Å². The highest BCUT2D eigenvalue weighted by molar-refractivity contribution is 7.80. The van der Waals surface area contributed by atoms with E-state index in [1.807, 2.05) is 0 Å². The zero-order valence-electron chi connectivity index (χ0n) is 11.7. The third-order valence-electron chi connectivity index (χ3n) is 3.88. The van der Waals surface area contributed by atoms with Gasteiger partial charge in [-0.1, -0.05) is 32.5 Å². The van der Waals surface area contributed by atoms with Gasteiger partial charge in [0.05, 0.1) is 11.3 Å². The number of hydrogen-bond donors (Lipinski definition) is 2. The van der Waals surface area contributed by atoms with Crippen molar-refractivity contribution in [3.05, 3.63) is 16.8 Å². The molecule has 1 heterocycles. The molecule has 1 saturated carbocycles. The Hall–Kier alpha value is -1.23. The average Bonchev–Trinajstić information content (AvgIpc) is 2.35. The van der Waals surface area contributed by atoms with E-state index in [-0.39, 0.29) is 0 Å². The molecular weight excluding hydrogens is 256 g/mol. The Labute approximate surface area is 120 Å². The van der Waals surface area contributed by atoms with E-state index in [9.17, 15) is 0 Å². The highest BCUT2D eigenvalue weighted by Crippen LogP contribution is 2.27. The SMILES string of the molecule is CCc1nnc(NCC2CCC2)c(C(N)=S)c1CC. The Morgan fingerprint density at radius 3 is 2.53 bits per heavy atom. The number of hydrogen-bond acceptors (Lipinski definition) is 4. The van der Waals surface area contributed by atoms with E-state index in [1.54, 1.807) is 0 Å². The van der Waals surface area contributed by atoms with Crippen LogP contribution >= 0.6 is 12.2 Å². The highest BCUT2D eigenvalue weighted by atomic mass is 32.1. The normalized spacial score (nSPS) is 15.1. The summed E-state index contributed by atoms with van der Waals surface area (Å²) in [6.07, 6.45) is 5.68. The van der Waals surface area contributed by atoms with E-state index in [2.05, 4.69) is 29.4 Å². The molecule has 1 aliphatic rings. The number of nitrogens with zero attached hydrogens (tertiary/aromatic N) is 2. The fourth-order valence-corrected chi connectivity index (χ4v) is 2.72. The lowest BCUT2D eigenvalue weighted by Crippen LogP contribution is -2.25. The zero-order valence-corrected chi connectivity index (χ0v) is 12.5. The molecule has 0 radical (unpaired) electrons. The van der Waals surface area contributed by atoms with Gasteiger partial charge in [0.1, 0.15) is 4.99 Å². The van der Waals surface area contributed by atoms with E-state index in [4.69, 9.17) is 18.0 Å². The predicted octanol–water partition coefficient (Wildman–Crippen LogP) is 2.45. The van der Waals surface area contributed by atoms with Crippen LogP contribution in [0.3, 0.4) is 0 Å². The van der Waals surface area contributed by atoms with Crippen molar-refractivity contribution in [3.8, 4) is 0 Å². The molecule has 19 heavy (non-hydrogen) atoms. The molecule has 2 rings (SSSR count). The van der Waals surface area contributed by atoms with Crippen LogP contribution in [0.15, 0.2) is 0 Å². The van der Waals surface area contributed by atoms with E-state index in [1.165, 1.54) is 19.3 Å². The third-order valence-corrected chi connectivity index (χ3v) is 4.08. The number of thiocarbonyl (C=S) groups is 1. The van der Waals surface area contributed by atoms with Gasteiger partial charge >= 0.3 is 0 Å². The molecule has 0 atom stereocenters. The van der Waals surface area contributed by atoms with E-state index in [0.717, 1.165) is 47.9 Å². The summed E-state index contributed by atoms with van der Waals surface area (Å²) in [6, 6.07) is 0. The molecule has 0 aliphatic heterocycles. The Kier molecular flexibility index (Phi) is 4.69. The minimum absolute atomic E-state index is 0.414. The van der Waals surface area contributed by atoms with Gasteiger partial charge in [-0.15, -0.1) is 5.10 Å². The van der Waals surface area contributed by atoms with E-state index >= 15 is 0 Å². The summed E-state index contributed by atoms with van der Waals surface area (Å²) in [5.74, 6) is 1.52. The molecule has 0 saturated heterocycles. The minimum atomic E-state index is 0.414. The summed E-state index contributed by atoms with van der Waals surface area (Å²) in [4.78, 5) is 0.414. The van der Waals surface area contributed by atoms with Crippen molar-refractivity contribution in [1.82, 2.24) is 10.2 Å². The van der Waals surface area contributed by atoms with Crippen LogP contribution < -0.4 is 11.1 Å². The van der Waals surface area contributed by atoms with Crippen LogP contribution in [-0.4, -0.2) is 21.7 Å². The number of nitrogens with two attached hydrogens (primary N) is 1. The summed E-state index contributed by atoms with van der Waals surface area (Å²) < 4.78 is 0. The number of rotatable bonds is 6. The molecule has 4 nitrogen and oxygen atoms in total. The van der Waals surface area contributed by atoms with Gasteiger partial charge in [-0.25, -0.2) is 0 Å². The Balaban J connectivity index is 2.27. The van der Waals surface area contributed by atoms with Crippen molar-refractivity contribution < 1.29 is 0 Å². The van der Waals surface area contributed by atoms with Gasteiger partial charge in [0, 0.05) is 6.54 Å². The predicted molar refractivity (Wildman–Crippen MR) is 82.5 cm³/mol. The monoisotopic (exact) mass is 278 g/mol. The topological polar surface area (TPSA) is 63.8 Å². The van der Waals surface area contributed by atoms with Crippen LogP contribution in [0.5, 0.6) is 0 Å². The lowest BCUT2D eigenvalue weighted by atomic mass is 9.85. The largest absolute Gasteiger partial charge is 0.389 e. The minimum Gasteiger partial charge on any atom is -0.389 e. The summed E-state index contributed by atoms with van der Waals surface area (Å²) in [5.41, 5.74) is 8.92. The lowest BCUT2D eigenvalue weighted by Gasteiger charge is -2.26. The fraction of sp³-hybridized carbons (Fsp3) is 0.643. The van der Waals surface area contributed by atoms with Crippen LogP contribution in [0.2, 0.25) is 0 Å². The molecule has 104 valence electrons. The maximum absolute atomic E-state index is 5.89. The maximum atomic E-state index is 5.89. The van der Waals surface area contributed by atoms with Crippen molar-refractivity contribution in [2.75, 3.05) is 11.9 Å². The van der Waals surface area contributed by atoms with Crippen molar-refractivity contribution in [3.63, 3.8) is 0 Å². The number of aryl methyl sites for hydroxylation is 1. The average molecular weight is 278 g/mol. The molecule has 5 heteroatoms. The van der Waals surface area contributed by atoms with Gasteiger partial charge in [-0.05, 0) is 37.2 Å². The van der Waals surface area contributed by atoms with Gasteiger partial charge in [0.2, 0.25) is 0 Å². The van der Waals surface area contributed by atoms with Crippen molar-refractivity contribution in [1.29, 1.82) is 0 Å². The van der Waals surface area contributed by atoms with Crippen LogP contribution in [0.1, 0.15) is 49.9 Å². The second kappa shape index (κ2) is 6.28. The van der Waals surface area contributed by atoms with Crippen LogP contribution in [0, 0.1) is 5.92 Å².